The highest BCUT2D eigenvalue weighted by Crippen LogP contribution is 2.19. The van der Waals surface area contributed by atoms with Crippen molar-refractivity contribution in [3.8, 4) is 5.75 Å². The Labute approximate surface area is 119 Å². The Balaban J connectivity index is 2.02. The molecular weight excluding hydrogens is 256 g/mol. The predicted octanol–water partition coefficient (Wildman–Crippen LogP) is 1.72. The van der Waals surface area contributed by atoms with Gasteiger partial charge in [-0.2, -0.15) is 5.10 Å². The number of methoxy groups -OCH3 is 2. The molecule has 1 aromatic rings. The van der Waals surface area contributed by atoms with Crippen LogP contribution in [0.5, 0.6) is 5.75 Å². The lowest BCUT2D eigenvalue weighted by atomic mass is 10.0. The lowest BCUT2D eigenvalue weighted by Crippen LogP contribution is -2.21. The summed E-state index contributed by atoms with van der Waals surface area (Å²) in [5.41, 5.74) is 2.02. The zero-order valence-corrected chi connectivity index (χ0v) is 11.9. The van der Waals surface area contributed by atoms with Crippen LogP contribution in [0.3, 0.4) is 0 Å². The number of hydrazone groups is 1. The number of benzene rings is 1. The molecule has 1 unspecified atom stereocenters. The van der Waals surface area contributed by atoms with Gasteiger partial charge in [-0.1, -0.05) is 12.1 Å². The third-order valence-electron chi connectivity index (χ3n) is 3.33. The molecule has 0 amide bonds. The van der Waals surface area contributed by atoms with Gasteiger partial charge in [-0.3, -0.25) is 5.01 Å². The fourth-order valence-electron chi connectivity index (χ4n) is 2.27. The van der Waals surface area contributed by atoms with E-state index in [1.807, 2.05) is 29.3 Å². The topological polar surface area (TPSA) is 51.1 Å². The highest BCUT2D eigenvalue weighted by atomic mass is 16.5. The summed E-state index contributed by atoms with van der Waals surface area (Å²) in [6.07, 6.45) is 1.68. The molecule has 0 saturated heterocycles. The van der Waals surface area contributed by atoms with Crippen molar-refractivity contribution in [3.63, 3.8) is 0 Å². The third kappa shape index (κ3) is 3.57. The number of carbonyl (C=O) groups is 1. The minimum absolute atomic E-state index is 0.115. The van der Waals surface area contributed by atoms with Gasteiger partial charge in [0, 0.05) is 13.5 Å². The Kier molecular flexibility index (Phi) is 5.12. The fourth-order valence-corrected chi connectivity index (χ4v) is 2.27. The van der Waals surface area contributed by atoms with Gasteiger partial charge in [0.1, 0.15) is 12.0 Å². The number of ether oxygens (including phenoxy) is 2. The van der Waals surface area contributed by atoms with Gasteiger partial charge < -0.3 is 14.3 Å². The van der Waals surface area contributed by atoms with Crippen molar-refractivity contribution in [1.82, 2.24) is 5.01 Å². The molecule has 1 aliphatic heterocycles. The largest absolute Gasteiger partial charge is 0.497 e. The highest BCUT2D eigenvalue weighted by Gasteiger charge is 2.25. The van der Waals surface area contributed by atoms with Crippen LogP contribution in [0.15, 0.2) is 29.4 Å². The number of nitrogens with zero attached hydrogens (tertiary/aromatic N) is 2. The normalized spacial score (nSPS) is 18.0. The van der Waals surface area contributed by atoms with Crippen LogP contribution < -0.4 is 4.74 Å². The Morgan fingerprint density at radius 3 is 3.00 bits per heavy atom. The summed E-state index contributed by atoms with van der Waals surface area (Å²) in [7, 11) is 3.30. The first-order chi connectivity index (χ1) is 9.76. The van der Waals surface area contributed by atoms with Crippen molar-refractivity contribution in [3.05, 3.63) is 29.8 Å². The van der Waals surface area contributed by atoms with E-state index in [1.54, 1.807) is 14.2 Å². The lowest BCUT2D eigenvalue weighted by molar-refractivity contribution is -0.109. The highest BCUT2D eigenvalue weighted by molar-refractivity contribution is 5.98. The van der Waals surface area contributed by atoms with E-state index in [-0.39, 0.29) is 5.92 Å². The summed E-state index contributed by atoms with van der Waals surface area (Å²) in [4.78, 5) is 11.1. The van der Waals surface area contributed by atoms with Crippen LogP contribution in [0.25, 0.3) is 0 Å². The molecule has 20 heavy (non-hydrogen) atoms. The molecule has 5 heteroatoms. The zero-order chi connectivity index (χ0) is 14.4. The van der Waals surface area contributed by atoms with Crippen LogP contribution in [0.4, 0.5) is 0 Å². The Morgan fingerprint density at radius 2 is 2.30 bits per heavy atom. The molecule has 0 aliphatic carbocycles. The molecule has 0 bridgehead atoms. The molecule has 108 valence electrons. The van der Waals surface area contributed by atoms with E-state index >= 15 is 0 Å². The van der Waals surface area contributed by atoms with Crippen molar-refractivity contribution in [2.75, 3.05) is 27.4 Å². The summed E-state index contributed by atoms with van der Waals surface area (Å²) in [6.45, 7) is 1.91. The summed E-state index contributed by atoms with van der Waals surface area (Å²) in [6, 6.07) is 7.88. The SMILES string of the molecule is COCCC1=NN(Cc2cccc(OC)c2)CC1C=O. The van der Waals surface area contributed by atoms with Crippen LogP contribution in [0, 0.1) is 5.92 Å². The first-order valence-electron chi connectivity index (χ1n) is 6.66. The molecule has 1 heterocycles. The number of hydrogen-bond donors (Lipinski definition) is 0. The quantitative estimate of drug-likeness (QED) is 0.712. The van der Waals surface area contributed by atoms with Gasteiger partial charge in [-0.15, -0.1) is 0 Å². The van der Waals surface area contributed by atoms with Crippen LogP contribution in [0.2, 0.25) is 0 Å². The average Bonchev–Trinajstić information content (AvgIpc) is 2.87. The van der Waals surface area contributed by atoms with Crippen molar-refractivity contribution in [1.29, 1.82) is 0 Å². The second-order valence-corrected chi connectivity index (χ2v) is 4.78. The van der Waals surface area contributed by atoms with Gasteiger partial charge >= 0.3 is 0 Å². The summed E-state index contributed by atoms with van der Waals surface area (Å²) >= 11 is 0. The third-order valence-corrected chi connectivity index (χ3v) is 3.33. The van der Waals surface area contributed by atoms with Gasteiger partial charge in [0.15, 0.2) is 0 Å². The molecule has 5 nitrogen and oxygen atoms in total. The maximum atomic E-state index is 11.1. The second kappa shape index (κ2) is 7.05. The first kappa shape index (κ1) is 14.5. The van der Waals surface area contributed by atoms with E-state index in [4.69, 9.17) is 9.47 Å². The second-order valence-electron chi connectivity index (χ2n) is 4.78. The molecule has 1 atom stereocenters. The molecular formula is C15H20N2O3. The van der Waals surface area contributed by atoms with Crippen LogP contribution in [0.1, 0.15) is 12.0 Å². The molecule has 1 aliphatic rings. The number of rotatable bonds is 7. The lowest BCUT2D eigenvalue weighted by Gasteiger charge is -2.14. The zero-order valence-electron chi connectivity index (χ0n) is 11.9. The van der Waals surface area contributed by atoms with Crippen molar-refractivity contribution in [2.24, 2.45) is 11.0 Å². The molecule has 0 radical (unpaired) electrons. The van der Waals surface area contributed by atoms with E-state index in [1.165, 1.54) is 0 Å². The maximum Gasteiger partial charge on any atom is 0.130 e. The van der Waals surface area contributed by atoms with Gasteiger partial charge in [-0.05, 0) is 17.7 Å². The van der Waals surface area contributed by atoms with Crippen molar-refractivity contribution < 1.29 is 14.3 Å². The van der Waals surface area contributed by atoms with E-state index in [2.05, 4.69) is 5.10 Å². The molecule has 0 N–H and O–H groups in total. The van der Waals surface area contributed by atoms with Crippen molar-refractivity contribution in [2.45, 2.75) is 13.0 Å². The molecule has 0 spiro atoms. The Bertz CT molecular complexity index is 488. The number of carbonyl (C=O) groups excluding carboxylic acids is 1. The molecule has 1 aromatic carbocycles. The van der Waals surface area contributed by atoms with Gasteiger partial charge in [0.25, 0.3) is 0 Å². The summed E-state index contributed by atoms with van der Waals surface area (Å²) in [5.74, 6) is 0.716. The molecule has 0 aromatic heterocycles. The van der Waals surface area contributed by atoms with Crippen LogP contribution in [-0.4, -0.2) is 44.4 Å². The number of aldehydes is 1. The van der Waals surface area contributed by atoms with E-state index in [0.29, 0.717) is 26.1 Å². The van der Waals surface area contributed by atoms with Gasteiger partial charge in [0.05, 0.1) is 38.4 Å². The van der Waals surface area contributed by atoms with Gasteiger partial charge in [-0.25, -0.2) is 0 Å². The Morgan fingerprint density at radius 1 is 1.45 bits per heavy atom. The summed E-state index contributed by atoms with van der Waals surface area (Å²) < 4.78 is 10.3. The molecule has 2 rings (SSSR count). The molecule has 0 saturated carbocycles. The molecule has 0 fully saturated rings. The summed E-state index contributed by atoms with van der Waals surface area (Å²) in [5, 5.41) is 6.46. The maximum absolute atomic E-state index is 11.1. The average molecular weight is 276 g/mol. The smallest absolute Gasteiger partial charge is 0.130 e. The minimum atomic E-state index is -0.115. The van der Waals surface area contributed by atoms with E-state index in [0.717, 1.165) is 23.3 Å². The van der Waals surface area contributed by atoms with Crippen LogP contribution in [-0.2, 0) is 16.1 Å². The van der Waals surface area contributed by atoms with E-state index < -0.39 is 0 Å². The number of hydrogen-bond acceptors (Lipinski definition) is 5. The fraction of sp³-hybridized carbons (Fsp3) is 0.467. The first-order valence-corrected chi connectivity index (χ1v) is 6.66. The van der Waals surface area contributed by atoms with Crippen molar-refractivity contribution >= 4 is 12.0 Å². The van der Waals surface area contributed by atoms with E-state index in [9.17, 15) is 4.79 Å². The van der Waals surface area contributed by atoms with Gasteiger partial charge in [0.2, 0.25) is 0 Å². The predicted molar refractivity (Wildman–Crippen MR) is 76.9 cm³/mol. The standard InChI is InChI=1S/C15H20N2O3/c1-19-7-6-15-13(11-18)10-17(16-15)9-12-4-3-5-14(8-12)20-2/h3-5,8,11,13H,6-7,9-10H2,1-2H3. The monoisotopic (exact) mass is 276 g/mol. The van der Waals surface area contributed by atoms with Crippen LogP contribution >= 0.6 is 0 Å². The minimum Gasteiger partial charge on any atom is -0.497 e. The Hall–Kier alpha value is -1.88.